The van der Waals surface area contributed by atoms with Gasteiger partial charge in [-0.1, -0.05) is 20.8 Å². The first-order valence-corrected chi connectivity index (χ1v) is 9.00. The minimum absolute atomic E-state index is 0.340. The molecule has 140 valence electrons. The number of halogens is 1. The second kappa shape index (κ2) is 8.76. The maximum atomic E-state index is 14.6. The van der Waals surface area contributed by atoms with Gasteiger partial charge < -0.3 is 15.7 Å². The van der Waals surface area contributed by atoms with Crippen LogP contribution in [-0.2, 0) is 0 Å². The summed E-state index contributed by atoms with van der Waals surface area (Å²) >= 11 is 0. The van der Waals surface area contributed by atoms with Crippen molar-refractivity contribution in [1.82, 2.24) is 15.3 Å². The molecule has 0 spiro atoms. The van der Waals surface area contributed by atoms with Crippen LogP contribution in [0, 0.1) is 0 Å². The van der Waals surface area contributed by atoms with Crippen molar-refractivity contribution in [3.63, 3.8) is 0 Å². The van der Waals surface area contributed by atoms with E-state index in [0.717, 1.165) is 16.6 Å². The molecule has 26 heavy (non-hydrogen) atoms. The Morgan fingerprint density at radius 2 is 1.88 bits per heavy atom. The van der Waals surface area contributed by atoms with E-state index in [9.17, 15) is 9.50 Å². The van der Waals surface area contributed by atoms with Crippen LogP contribution in [0.2, 0.25) is 0 Å². The first-order valence-electron chi connectivity index (χ1n) is 9.00. The molecule has 2 aromatic heterocycles. The summed E-state index contributed by atoms with van der Waals surface area (Å²) in [5, 5.41) is 17.8. The summed E-state index contributed by atoms with van der Waals surface area (Å²) in [6.45, 7) is 7.54. The third-order valence-corrected chi connectivity index (χ3v) is 4.38. The van der Waals surface area contributed by atoms with Gasteiger partial charge in [0.1, 0.15) is 17.7 Å². The zero-order valence-corrected chi connectivity index (χ0v) is 16.0. The molecule has 0 saturated heterocycles. The number of dihydropyridines is 1. The van der Waals surface area contributed by atoms with E-state index in [1.165, 1.54) is 0 Å². The van der Waals surface area contributed by atoms with Crippen molar-refractivity contribution >= 4 is 22.2 Å². The average Bonchev–Trinajstić information content (AvgIpc) is 2.70. The van der Waals surface area contributed by atoms with E-state index in [2.05, 4.69) is 20.6 Å². The molecule has 3 rings (SSSR count). The van der Waals surface area contributed by atoms with Gasteiger partial charge in [0.05, 0.1) is 11.8 Å². The lowest BCUT2D eigenvalue weighted by Gasteiger charge is -2.27. The molecule has 2 atom stereocenters. The van der Waals surface area contributed by atoms with Crippen molar-refractivity contribution < 1.29 is 9.50 Å². The Morgan fingerprint density at radius 3 is 2.54 bits per heavy atom. The number of aliphatic hydroxyl groups is 1. The number of hydrogen-bond acceptors (Lipinski definition) is 5. The SMILES string of the molecule is CC.CCC(O)C1NC=C(c2cc3cnc(NC)cc3cn2)C(C)=C1F. The van der Waals surface area contributed by atoms with Crippen LogP contribution in [-0.4, -0.2) is 34.3 Å². The fourth-order valence-corrected chi connectivity index (χ4v) is 2.82. The number of nitrogens with one attached hydrogen (secondary N) is 2. The van der Waals surface area contributed by atoms with Gasteiger partial charge in [0.2, 0.25) is 0 Å². The second-order valence-corrected chi connectivity index (χ2v) is 5.89. The highest BCUT2D eigenvalue weighted by Crippen LogP contribution is 2.31. The molecule has 1 aliphatic heterocycles. The van der Waals surface area contributed by atoms with Crippen LogP contribution >= 0.6 is 0 Å². The summed E-state index contributed by atoms with van der Waals surface area (Å²) in [6, 6.07) is 3.11. The highest BCUT2D eigenvalue weighted by atomic mass is 19.1. The predicted octanol–water partition coefficient (Wildman–Crippen LogP) is 4.02. The highest BCUT2D eigenvalue weighted by molar-refractivity contribution is 5.88. The van der Waals surface area contributed by atoms with E-state index in [0.29, 0.717) is 23.3 Å². The van der Waals surface area contributed by atoms with Crippen LogP contribution < -0.4 is 10.6 Å². The number of aliphatic hydroxyl groups excluding tert-OH is 1. The molecule has 0 aromatic carbocycles. The number of pyridine rings is 2. The number of allylic oxidation sites excluding steroid dienone is 2. The Bertz CT molecular complexity index is 832. The average molecular weight is 358 g/mol. The van der Waals surface area contributed by atoms with E-state index in [1.807, 2.05) is 40.0 Å². The summed E-state index contributed by atoms with van der Waals surface area (Å²) in [7, 11) is 1.81. The molecule has 0 aliphatic carbocycles. The molecule has 0 radical (unpaired) electrons. The van der Waals surface area contributed by atoms with Crippen molar-refractivity contribution in [1.29, 1.82) is 0 Å². The minimum Gasteiger partial charge on any atom is -0.391 e. The molecular formula is C20H27FN4O. The molecule has 1 aliphatic rings. The minimum atomic E-state index is -0.758. The van der Waals surface area contributed by atoms with Gasteiger partial charge in [0.15, 0.2) is 0 Å². The van der Waals surface area contributed by atoms with Gasteiger partial charge in [0.25, 0.3) is 0 Å². The van der Waals surface area contributed by atoms with Crippen molar-refractivity contribution in [2.24, 2.45) is 0 Å². The Hall–Kier alpha value is -2.47. The number of rotatable bonds is 4. The Kier molecular flexibility index (Phi) is 6.69. The van der Waals surface area contributed by atoms with Crippen LogP contribution in [0.25, 0.3) is 16.3 Å². The van der Waals surface area contributed by atoms with Crippen LogP contribution in [0.3, 0.4) is 0 Å². The van der Waals surface area contributed by atoms with Gasteiger partial charge in [-0.25, -0.2) is 9.37 Å². The maximum Gasteiger partial charge on any atom is 0.128 e. The molecule has 0 amide bonds. The highest BCUT2D eigenvalue weighted by Gasteiger charge is 2.28. The van der Waals surface area contributed by atoms with Gasteiger partial charge in [-0.3, -0.25) is 4.98 Å². The zero-order chi connectivity index (χ0) is 19.3. The zero-order valence-electron chi connectivity index (χ0n) is 16.0. The van der Waals surface area contributed by atoms with Crippen molar-refractivity contribution in [3.05, 3.63) is 47.8 Å². The predicted molar refractivity (Wildman–Crippen MR) is 105 cm³/mol. The van der Waals surface area contributed by atoms with Crippen LogP contribution in [0.15, 0.2) is 42.1 Å². The summed E-state index contributed by atoms with van der Waals surface area (Å²) in [4.78, 5) is 8.75. The molecule has 6 heteroatoms. The second-order valence-electron chi connectivity index (χ2n) is 5.89. The Balaban J connectivity index is 0.00000117. The monoisotopic (exact) mass is 358 g/mol. The van der Waals surface area contributed by atoms with Crippen LogP contribution in [0.5, 0.6) is 0 Å². The van der Waals surface area contributed by atoms with Crippen molar-refractivity contribution in [2.75, 3.05) is 12.4 Å². The summed E-state index contributed by atoms with van der Waals surface area (Å²) in [5.74, 6) is 0.432. The quantitative estimate of drug-likeness (QED) is 0.770. The smallest absolute Gasteiger partial charge is 0.128 e. The standard InChI is InChI=1S/C18H21FN4O.C2H6/c1-4-15(24)18-17(19)10(2)13(9-23-18)14-5-11-8-22-16(20-3)6-12(11)7-21-14;1-2/h5-9,15,18,23-24H,4H2,1-3H3,(H,20,22);1-2H3. The van der Waals surface area contributed by atoms with Crippen LogP contribution in [0.4, 0.5) is 10.2 Å². The molecular weight excluding hydrogens is 331 g/mol. The third-order valence-electron chi connectivity index (χ3n) is 4.38. The normalized spacial score (nSPS) is 17.8. The molecule has 0 saturated carbocycles. The van der Waals surface area contributed by atoms with Crippen LogP contribution in [0.1, 0.15) is 39.8 Å². The fourth-order valence-electron chi connectivity index (χ4n) is 2.82. The maximum absolute atomic E-state index is 14.6. The molecule has 5 nitrogen and oxygen atoms in total. The lowest BCUT2D eigenvalue weighted by atomic mass is 9.94. The van der Waals surface area contributed by atoms with Gasteiger partial charge in [-0.15, -0.1) is 0 Å². The Labute approximate surface area is 154 Å². The molecule has 3 heterocycles. The van der Waals surface area contributed by atoms with E-state index < -0.39 is 12.1 Å². The summed E-state index contributed by atoms with van der Waals surface area (Å²) in [6.07, 6.45) is 4.97. The summed E-state index contributed by atoms with van der Waals surface area (Å²) < 4.78 is 14.6. The number of fused-ring (bicyclic) bond motifs is 1. The van der Waals surface area contributed by atoms with E-state index in [1.54, 1.807) is 25.5 Å². The third kappa shape index (κ3) is 3.85. The number of anilines is 1. The number of nitrogens with zero attached hydrogens (tertiary/aromatic N) is 2. The number of hydrogen-bond donors (Lipinski definition) is 3. The lowest BCUT2D eigenvalue weighted by Crippen LogP contribution is -2.39. The largest absolute Gasteiger partial charge is 0.391 e. The Morgan fingerprint density at radius 1 is 1.23 bits per heavy atom. The fraction of sp³-hybridized carbons (Fsp3) is 0.400. The van der Waals surface area contributed by atoms with Gasteiger partial charge in [-0.05, 0) is 31.1 Å². The molecule has 0 bridgehead atoms. The molecule has 0 fully saturated rings. The number of aromatic nitrogens is 2. The topological polar surface area (TPSA) is 70.1 Å². The van der Waals surface area contributed by atoms with Crippen molar-refractivity contribution in [3.8, 4) is 0 Å². The van der Waals surface area contributed by atoms with E-state index in [-0.39, 0.29) is 5.83 Å². The lowest BCUT2D eigenvalue weighted by molar-refractivity contribution is 0.132. The first-order chi connectivity index (χ1) is 12.5. The summed E-state index contributed by atoms with van der Waals surface area (Å²) in [5.41, 5.74) is 1.86. The molecule has 2 unspecified atom stereocenters. The first kappa shape index (κ1) is 19.8. The van der Waals surface area contributed by atoms with Gasteiger partial charge >= 0.3 is 0 Å². The van der Waals surface area contributed by atoms with E-state index >= 15 is 0 Å². The molecule has 2 aromatic rings. The van der Waals surface area contributed by atoms with E-state index in [4.69, 9.17) is 0 Å². The molecule has 3 N–H and O–H groups in total. The van der Waals surface area contributed by atoms with Gasteiger partial charge in [-0.2, -0.15) is 0 Å². The van der Waals surface area contributed by atoms with Gasteiger partial charge in [0, 0.05) is 42.0 Å². The van der Waals surface area contributed by atoms with Crippen molar-refractivity contribution in [2.45, 2.75) is 46.3 Å².